The molecule has 0 fully saturated rings. The molecule has 1 aromatic carbocycles. The first-order valence-electron chi connectivity index (χ1n) is 6.80. The molecule has 1 aromatic heterocycles. The zero-order valence-electron chi connectivity index (χ0n) is 13.0. The van der Waals surface area contributed by atoms with Crippen LogP contribution < -0.4 is 4.43 Å². The molecule has 0 saturated heterocycles. The van der Waals surface area contributed by atoms with E-state index in [0.29, 0.717) is 16.7 Å². The highest BCUT2D eigenvalue weighted by Crippen LogP contribution is 2.39. The Labute approximate surface area is 124 Å². The molecule has 0 N–H and O–H groups in total. The van der Waals surface area contributed by atoms with Crippen molar-refractivity contribution in [3.63, 3.8) is 0 Å². The Hall–Kier alpha value is -1.95. The van der Waals surface area contributed by atoms with E-state index in [2.05, 4.69) is 33.9 Å². The summed E-state index contributed by atoms with van der Waals surface area (Å²) >= 11 is 0. The van der Waals surface area contributed by atoms with Gasteiger partial charge in [-0.2, -0.15) is 0 Å². The number of fused-ring (bicyclic) bond motifs is 1. The van der Waals surface area contributed by atoms with Crippen molar-refractivity contribution in [1.82, 2.24) is 0 Å². The molecule has 0 spiro atoms. The summed E-state index contributed by atoms with van der Waals surface area (Å²) in [5, 5.41) is 11.6. The number of hydrogen-bond donors (Lipinski definition) is 0. The van der Waals surface area contributed by atoms with E-state index in [1.54, 1.807) is 18.4 Å². The lowest BCUT2D eigenvalue weighted by molar-refractivity contribution is -0.384. The summed E-state index contributed by atoms with van der Waals surface area (Å²) in [7, 11) is -2.02. The number of nitro benzene ring substituents is 1. The van der Waals surface area contributed by atoms with Gasteiger partial charge < -0.3 is 4.43 Å². The molecule has 0 amide bonds. The number of benzene rings is 1. The van der Waals surface area contributed by atoms with E-state index in [0.717, 1.165) is 0 Å². The SMILES string of the molecule is CC(C)(C)[Si](C)(C)Oc1cc[o+]c2ccc([N+](=O)[O-])cc12. The van der Waals surface area contributed by atoms with Crippen molar-refractivity contribution in [3.8, 4) is 5.75 Å². The third-order valence-corrected chi connectivity index (χ3v) is 8.37. The molecular weight excluding hydrogens is 286 g/mol. The fourth-order valence-electron chi connectivity index (χ4n) is 1.70. The Kier molecular flexibility index (Phi) is 3.75. The summed E-state index contributed by atoms with van der Waals surface area (Å²) in [6.45, 7) is 10.7. The summed E-state index contributed by atoms with van der Waals surface area (Å²) in [5.74, 6) is 0.645. The highest BCUT2D eigenvalue weighted by Gasteiger charge is 2.39. The van der Waals surface area contributed by atoms with E-state index in [1.165, 1.54) is 12.1 Å². The van der Waals surface area contributed by atoms with Crippen LogP contribution in [0.1, 0.15) is 20.8 Å². The molecule has 0 unspecified atom stereocenters. The number of non-ortho nitro benzene ring substituents is 1. The lowest BCUT2D eigenvalue weighted by Gasteiger charge is -2.36. The van der Waals surface area contributed by atoms with Gasteiger partial charge in [0.2, 0.25) is 0 Å². The predicted molar refractivity (Wildman–Crippen MR) is 85.1 cm³/mol. The second-order valence-corrected chi connectivity index (χ2v) is 11.3. The van der Waals surface area contributed by atoms with Gasteiger partial charge in [-0.25, -0.2) is 4.42 Å². The van der Waals surface area contributed by atoms with Crippen LogP contribution in [0.3, 0.4) is 0 Å². The van der Waals surface area contributed by atoms with Crippen molar-refractivity contribution >= 4 is 25.0 Å². The van der Waals surface area contributed by atoms with Gasteiger partial charge in [-0.1, -0.05) is 20.8 Å². The van der Waals surface area contributed by atoms with Crippen LogP contribution in [0.25, 0.3) is 11.0 Å². The van der Waals surface area contributed by atoms with Gasteiger partial charge in [0.25, 0.3) is 14.0 Å². The Bertz CT molecular complexity index is 692. The van der Waals surface area contributed by atoms with E-state index < -0.39 is 13.2 Å². The van der Waals surface area contributed by atoms with Crippen molar-refractivity contribution in [1.29, 1.82) is 0 Å². The highest BCUT2D eigenvalue weighted by molar-refractivity contribution is 6.74. The van der Waals surface area contributed by atoms with Crippen molar-refractivity contribution in [2.45, 2.75) is 38.9 Å². The molecule has 0 atom stereocenters. The first kappa shape index (κ1) is 15.4. The fraction of sp³-hybridized carbons (Fsp3) is 0.400. The molecule has 0 saturated carbocycles. The molecule has 2 rings (SSSR count). The molecule has 2 aromatic rings. The van der Waals surface area contributed by atoms with Crippen LogP contribution >= 0.6 is 0 Å². The molecule has 0 bridgehead atoms. The predicted octanol–water partition coefficient (Wildman–Crippen LogP) is 5.01. The molecule has 6 heteroatoms. The number of nitro groups is 1. The monoisotopic (exact) mass is 306 g/mol. The zero-order valence-corrected chi connectivity index (χ0v) is 14.0. The number of nitrogens with zero attached hydrogens (tertiary/aromatic N) is 1. The first-order valence-corrected chi connectivity index (χ1v) is 9.71. The van der Waals surface area contributed by atoms with Crippen LogP contribution in [0.4, 0.5) is 5.69 Å². The first-order chi connectivity index (χ1) is 9.62. The maximum absolute atomic E-state index is 10.9. The number of hydrogen-bond acceptors (Lipinski definition) is 3. The highest BCUT2D eigenvalue weighted by atomic mass is 28.4. The van der Waals surface area contributed by atoms with E-state index in [-0.39, 0.29) is 10.7 Å². The molecule has 21 heavy (non-hydrogen) atoms. The lowest BCUT2D eigenvalue weighted by Crippen LogP contribution is -2.43. The van der Waals surface area contributed by atoms with Crippen molar-refractivity contribution in [2.24, 2.45) is 0 Å². The minimum absolute atomic E-state index is 0.0315. The maximum atomic E-state index is 10.9. The summed E-state index contributed by atoms with van der Waals surface area (Å²) < 4.78 is 11.7. The lowest BCUT2D eigenvalue weighted by atomic mass is 10.2. The van der Waals surface area contributed by atoms with Gasteiger partial charge in [0.15, 0.2) is 0 Å². The molecule has 0 aliphatic heterocycles. The Morgan fingerprint density at radius 2 is 1.90 bits per heavy atom. The topological polar surface area (TPSA) is 63.7 Å². The molecule has 5 nitrogen and oxygen atoms in total. The third kappa shape index (κ3) is 3.05. The van der Waals surface area contributed by atoms with Gasteiger partial charge in [-0.15, -0.1) is 0 Å². The standard InChI is InChI=1S/C15H20NO4Si/c1-15(2,3)21(4,5)20-14-8-9-19-13-7-6-11(16(17)18)10-12(13)14/h6-10H,1-5H3/q+1. The third-order valence-electron chi connectivity index (χ3n) is 4.03. The van der Waals surface area contributed by atoms with Gasteiger partial charge >= 0.3 is 11.8 Å². The van der Waals surface area contributed by atoms with E-state index in [9.17, 15) is 10.1 Å². The largest absolute Gasteiger partial charge is 0.543 e. The maximum Gasteiger partial charge on any atom is 0.363 e. The van der Waals surface area contributed by atoms with Crippen molar-refractivity contribution in [3.05, 3.63) is 40.6 Å². The van der Waals surface area contributed by atoms with Crippen LogP contribution in [-0.2, 0) is 0 Å². The van der Waals surface area contributed by atoms with Gasteiger partial charge in [0.05, 0.1) is 17.1 Å². The van der Waals surface area contributed by atoms with Crippen LogP contribution in [0.2, 0.25) is 18.1 Å². The average Bonchev–Trinajstić information content (AvgIpc) is 2.36. The molecule has 0 aliphatic carbocycles. The normalized spacial score (nSPS) is 12.4. The van der Waals surface area contributed by atoms with E-state index >= 15 is 0 Å². The minimum atomic E-state index is -2.02. The van der Waals surface area contributed by atoms with Crippen LogP contribution in [0.15, 0.2) is 34.9 Å². The van der Waals surface area contributed by atoms with Crippen LogP contribution in [0, 0.1) is 10.1 Å². The van der Waals surface area contributed by atoms with Gasteiger partial charge in [0.1, 0.15) is 11.1 Å². The van der Waals surface area contributed by atoms with Gasteiger partial charge in [-0.05, 0) is 18.1 Å². The molecule has 0 aliphatic rings. The second kappa shape index (κ2) is 5.11. The molecular formula is C15H20NO4Si+. The Balaban J connectivity index is 2.54. The summed E-state index contributed by atoms with van der Waals surface area (Å²) in [5.41, 5.74) is 0.612. The second-order valence-electron chi connectivity index (χ2n) is 6.58. The van der Waals surface area contributed by atoms with Gasteiger partial charge in [0, 0.05) is 12.1 Å². The van der Waals surface area contributed by atoms with Crippen LogP contribution in [-0.4, -0.2) is 13.2 Å². The summed E-state index contributed by atoms with van der Waals surface area (Å²) in [4.78, 5) is 10.5. The van der Waals surface area contributed by atoms with Crippen molar-refractivity contribution in [2.75, 3.05) is 0 Å². The fourth-order valence-corrected chi connectivity index (χ4v) is 2.74. The molecule has 112 valence electrons. The summed E-state index contributed by atoms with van der Waals surface area (Å²) in [6, 6.07) is 6.27. The number of rotatable bonds is 3. The molecule has 0 radical (unpaired) electrons. The minimum Gasteiger partial charge on any atom is -0.543 e. The van der Waals surface area contributed by atoms with E-state index in [4.69, 9.17) is 8.84 Å². The smallest absolute Gasteiger partial charge is 0.363 e. The van der Waals surface area contributed by atoms with Crippen LogP contribution in [0.5, 0.6) is 5.75 Å². The van der Waals surface area contributed by atoms with Crippen molar-refractivity contribution < 1.29 is 13.8 Å². The Morgan fingerprint density at radius 1 is 1.24 bits per heavy atom. The molecule has 1 heterocycles. The summed E-state index contributed by atoms with van der Waals surface area (Å²) in [6.07, 6.45) is 1.55. The quantitative estimate of drug-likeness (QED) is 0.346. The Morgan fingerprint density at radius 3 is 2.48 bits per heavy atom. The van der Waals surface area contributed by atoms with Gasteiger partial charge in [-0.3, -0.25) is 10.1 Å². The zero-order chi connectivity index (χ0) is 15.8. The average molecular weight is 306 g/mol. The van der Waals surface area contributed by atoms with E-state index in [1.807, 2.05) is 0 Å².